The fraction of sp³-hybridized carbons (Fsp3) is 0.587. The summed E-state index contributed by atoms with van der Waals surface area (Å²) in [7, 11) is -3.98. The Morgan fingerprint density at radius 1 is 0.818 bits per heavy atom. The first-order valence-corrected chi connectivity index (χ1v) is 28.0. The lowest BCUT2D eigenvalue weighted by molar-refractivity contribution is -0.149. The van der Waals surface area contributed by atoms with Crippen LogP contribution in [0.1, 0.15) is 72.2 Å². The van der Waals surface area contributed by atoms with Gasteiger partial charge in [-0.05, 0) is 79.4 Å². The van der Waals surface area contributed by atoms with E-state index in [4.69, 9.17) is 23.1 Å². The molecule has 2 aromatic carbocycles. The van der Waals surface area contributed by atoms with Gasteiger partial charge in [-0.1, -0.05) is 84.0 Å². The van der Waals surface area contributed by atoms with Crippen LogP contribution in [-0.2, 0) is 41.1 Å². The molecule has 1 unspecified atom stereocenters. The van der Waals surface area contributed by atoms with Gasteiger partial charge in [0.25, 0.3) is 5.56 Å². The molecule has 0 aliphatic carbocycles. The van der Waals surface area contributed by atoms with Gasteiger partial charge in [-0.2, -0.15) is 0 Å². The van der Waals surface area contributed by atoms with E-state index in [1.165, 1.54) is 30.9 Å². The molecule has 2 heterocycles. The zero-order valence-electron chi connectivity index (χ0n) is 40.3. The van der Waals surface area contributed by atoms with Gasteiger partial charge in [0.15, 0.2) is 22.9 Å². The van der Waals surface area contributed by atoms with E-state index in [1.54, 1.807) is 48.5 Å². The molecule has 6 N–H and O–H groups in total. The predicted octanol–water partition coefficient (Wildman–Crippen LogP) is 4.33. The lowest BCUT2D eigenvalue weighted by Gasteiger charge is -2.44. The highest BCUT2D eigenvalue weighted by molar-refractivity contribution is 6.74. The molecule has 3 aromatic rings. The summed E-state index contributed by atoms with van der Waals surface area (Å²) in [5, 5.41) is 40.3. The second-order valence-corrected chi connectivity index (χ2v) is 29.3. The number of carboxylic acids is 1. The number of hydrogen-bond acceptors (Lipinski definition) is 13. The number of ether oxygens (including phenoxy) is 3. The van der Waals surface area contributed by atoms with Crippen LogP contribution in [0.2, 0.25) is 36.3 Å². The van der Waals surface area contributed by atoms with Crippen LogP contribution in [0.3, 0.4) is 0 Å². The third-order valence-electron chi connectivity index (χ3n) is 12.8. The predicted molar refractivity (Wildman–Crippen MR) is 253 cm³/mol. The van der Waals surface area contributed by atoms with Crippen molar-refractivity contribution in [1.29, 1.82) is 0 Å². The lowest BCUT2D eigenvalue weighted by atomic mass is 9.99. The lowest BCUT2D eigenvalue weighted by Crippen LogP contribution is -2.59. The van der Waals surface area contributed by atoms with E-state index in [0.717, 1.165) is 10.1 Å². The van der Waals surface area contributed by atoms with Crippen LogP contribution in [-0.4, -0.2) is 122 Å². The number of nitrogens with zero attached hydrogens (tertiary/aromatic N) is 2. The molecule has 18 nitrogen and oxygen atoms in total. The minimum atomic E-state index is -2.77. The highest BCUT2D eigenvalue weighted by Gasteiger charge is 2.57. The van der Waals surface area contributed by atoms with Crippen LogP contribution in [0.5, 0.6) is 5.75 Å². The summed E-state index contributed by atoms with van der Waals surface area (Å²) < 4.78 is 33.6. The van der Waals surface area contributed by atoms with E-state index in [0.29, 0.717) is 11.3 Å². The zero-order valence-corrected chi connectivity index (χ0v) is 42.3. The number of aliphatic hydroxyl groups is 2. The molecule has 8 atom stereocenters. The number of methoxy groups -OCH3 is 1. The monoisotopic (exact) mass is 957 g/mol. The summed E-state index contributed by atoms with van der Waals surface area (Å²) in [5.74, 6) is -1.48. The summed E-state index contributed by atoms with van der Waals surface area (Å²) in [6, 6.07) is 14.2. The van der Waals surface area contributed by atoms with Crippen molar-refractivity contribution in [2.24, 2.45) is 0 Å². The standard InChI is InChI=1S/C46H71N5O13Si2/c1-29(52)34(49-43(58)61-28-31-17-14-13-15-18-31)40(55)48-25-16-24-47-35(42(56)57)36(54)37-38(63-65(9,10)45(2,3)4)39(64-66(11,12)46(5,6)7)41(62-37)50-26-23-33(53)51(44(50)59)27-30-19-21-32(60-8)22-20-30/h13-15,17-23,26,29,34-39,41,47,52,54H,16,24-25,27-28H2,1-12H3,(H,48,55)(H,49,58)(H,56,57)/t29-,34-,35-,36+,37?,38+,39+,41+/m0/s1. The van der Waals surface area contributed by atoms with Crippen molar-refractivity contribution in [1.82, 2.24) is 25.1 Å². The average molecular weight is 958 g/mol. The average Bonchev–Trinajstić information content (AvgIpc) is 3.56. The third-order valence-corrected chi connectivity index (χ3v) is 21.7. The molecule has 20 heteroatoms. The molecule has 4 rings (SSSR count). The van der Waals surface area contributed by atoms with Crippen LogP contribution < -0.4 is 31.9 Å². The van der Waals surface area contributed by atoms with Crippen molar-refractivity contribution in [3.8, 4) is 5.75 Å². The Balaban J connectivity index is 1.61. The summed E-state index contributed by atoms with van der Waals surface area (Å²) in [6.07, 6.45) is -7.19. The number of nitrogens with one attached hydrogen (secondary N) is 3. The van der Waals surface area contributed by atoms with Gasteiger partial charge in [0, 0.05) is 18.8 Å². The molecule has 2 amide bonds. The highest BCUT2D eigenvalue weighted by atomic mass is 28.4. The van der Waals surface area contributed by atoms with Gasteiger partial charge < -0.3 is 54.3 Å². The van der Waals surface area contributed by atoms with E-state index in [2.05, 4.69) is 36.7 Å². The first kappa shape index (κ1) is 53.9. The summed E-state index contributed by atoms with van der Waals surface area (Å²) in [5.41, 5.74) is 0.138. The van der Waals surface area contributed by atoms with Gasteiger partial charge in [-0.25, -0.2) is 9.59 Å². The van der Waals surface area contributed by atoms with Crippen LogP contribution in [0, 0.1) is 0 Å². The Morgan fingerprint density at radius 2 is 1.41 bits per heavy atom. The maximum absolute atomic E-state index is 14.5. The van der Waals surface area contributed by atoms with Crippen LogP contribution in [0.4, 0.5) is 4.79 Å². The quantitative estimate of drug-likeness (QED) is 0.0644. The molecule has 1 aliphatic rings. The molecule has 366 valence electrons. The minimum absolute atomic E-state index is 0.00885. The number of carboxylic acid groups (broad SMARTS) is 1. The van der Waals surface area contributed by atoms with Crippen LogP contribution in [0.15, 0.2) is 76.4 Å². The second kappa shape index (κ2) is 22.4. The van der Waals surface area contributed by atoms with Gasteiger partial charge >= 0.3 is 17.8 Å². The number of aliphatic carboxylic acids is 1. The van der Waals surface area contributed by atoms with Crippen molar-refractivity contribution in [3.05, 3.63) is 98.8 Å². The molecule has 0 radical (unpaired) electrons. The first-order chi connectivity index (χ1) is 30.7. The van der Waals surface area contributed by atoms with Gasteiger partial charge in [0.1, 0.15) is 48.9 Å². The number of benzene rings is 2. The van der Waals surface area contributed by atoms with Gasteiger partial charge in [-0.3, -0.25) is 23.5 Å². The Hall–Kier alpha value is -4.68. The van der Waals surface area contributed by atoms with Gasteiger partial charge in [0.05, 0.1) is 19.8 Å². The summed E-state index contributed by atoms with van der Waals surface area (Å²) in [6.45, 7) is 21.6. The van der Waals surface area contributed by atoms with Gasteiger partial charge in [-0.15, -0.1) is 0 Å². The number of alkyl carbamates (subject to hydrolysis) is 1. The Bertz CT molecular complexity index is 2200. The van der Waals surface area contributed by atoms with Crippen molar-refractivity contribution >= 4 is 34.6 Å². The Labute approximate surface area is 389 Å². The van der Waals surface area contributed by atoms with E-state index in [1.807, 2.05) is 53.0 Å². The van der Waals surface area contributed by atoms with Crippen molar-refractivity contribution in [2.45, 2.75) is 153 Å². The second-order valence-electron chi connectivity index (χ2n) is 19.8. The molecule has 66 heavy (non-hydrogen) atoms. The molecule has 0 bridgehead atoms. The minimum Gasteiger partial charge on any atom is -0.497 e. The molecular formula is C46H71N5O13Si2. The van der Waals surface area contributed by atoms with E-state index < -0.39 is 94.7 Å². The number of carbonyl (C=O) groups excluding carboxylic acids is 2. The van der Waals surface area contributed by atoms with Gasteiger partial charge in [0.2, 0.25) is 5.91 Å². The number of aliphatic hydroxyl groups excluding tert-OH is 2. The Kier molecular flexibility index (Phi) is 18.3. The molecule has 1 aromatic heterocycles. The van der Waals surface area contributed by atoms with Crippen molar-refractivity contribution < 1.29 is 52.8 Å². The van der Waals surface area contributed by atoms with Crippen LogP contribution >= 0.6 is 0 Å². The van der Waals surface area contributed by atoms with Crippen molar-refractivity contribution in [2.75, 3.05) is 20.2 Å². The van der Waals surface area contributed by atoms with E-state index in [-0.39, 0.29) is 42.7 Å². The third kappa shape index (κ3) is 13.7. The fourth-order valence-corrected chi connectivity index (χ4v) is 9.34. The molecule has 1 fully saturated rings. The molecule has 0 spiro atoms. The molecule has 1 saturated heterocycles. The number of aromatic nitrogens is 2. The summed E-state index contributed by atoms with van der Waals surface area (Å²) >= 11 is 0. The van der Waals surface area contributed by atoms with E-state index in [9.17, 15) is 39.3 Å². The maximum atomic E-state index is 14.5. The topological polar surface area (TPSA) is 238 Å². The smallest absolute Gasteiger partial charge is 0.408 e. The SMILES string of the molecule is COc1ccc(Cn2c(=O)ccn([C@@H]3OC([C@H](O)[C@H](NCCCNC(=O)[C@@H](NC(=O)OCc4ccccc4)[C@H](C)O)C(=O)O)[C@@H](O[Si](C)(C)C(C)(C)C)[C@H]3O[Si](C)(C)C(C)(C)C)c2=O)cc1. The number of rotatable bonds is 21. The normalized spacial score (nSPS) is 19.9. The molecule has 0 saturated carbocycles. The molecular weight excluding hydrogens is 887 g/mol. The van der Waals surface area contributed by atoms with E-state index >= 15 is 0 Å². The van der Waals surface area contributed by atoms with Crippen LogP contribution in [0.25, 0.3) is 0 Å². The molecule has 1 aliphatic heterocycles. The number of amides is 2. The maximum Gasteiger partial charge on any atom is 0.408 e. The van der Waals surface area contributed by atoms with Crippen molar-refractivity contribution in [3.63, 3.8) is 0 Å². The first-order valence-electron chi connectivity index (χ1n) is 22.2. The largest absolute Gasteiger partial charge is 0.497 e. The Morgan fingerprint density at radius 3 is 1.95 bits per heavy atom. The fourth-order valence-electron chi connectivity index (χ4n) is 6.75. The highest BCUT2D eigenvalue weighted by Crippen LogP contribution is 2.46. The summed E-state index contributed by atoms with van der Waals surface area (Å²) in [4.78, 5) is 66.3. The number of hydrogen-bond donors (Lipinski definition) is 6. The zero-order chi connectivity index (χ0) is 49.4. The number of carbonyl (C=O) groups is 3.